The number of hydrogen-bond acceptors (Lipinski definition) is 3. The number of hydrogen-bond donors (Lipinski definition) is 0. The average molecular weight is 332 g/mol. The quantitative estimate of drug-likeness (QED) is 0.792. The zero-order chi connectivity index (χ0) is 15.9. The fraction of sp³-hybridized carbons (Fsp3) is 0.368. The molecule has 0 spiro atoms. The van der Waals surface area contributed by atoms with Crippen molar-refractivity contribution < 1.29 is 9.47 Å². The molecular formula is C19H22ClNO2. The van der Waals surface area contributed by atoms with Crippen LogP contribution in [0.3, 0.4) is 0 Å². The van der Waals surface area contributed by atoms with Crippen molar-refractivity contribution in [1.29, 1.82) is 0 Å². The van der Waals surface area contributed by atoms with Crippen molar-refractivity contribution in [3.8, 4) is 5.75 Å². The Morgan fingerprint density at radius 1 is 1.00 bits per heavy atom. The largest absolute Gasteiger partial charge is 0.486 e. The van der Waals surface area contributed by atoms with Gasteiger partial charge in [0.1, 0.15) is 11.9 Å². The molecule has 4 heteroatoms. The molecule has 2 aromatic rings. The molecule has 1 atom stereocenters. The second-order valence-corrected chi connectivity index (χ2v) is 6.15. The van der Waals surface area contributed by atoms with Gasteiger partial charge in [0, 0.05) is 31.1 Å². The van der Waals surface area contributed by atoms with E-state index in [0.717, 1.165) is 50.0 Å². The first kappa shape index (κ1) is 16.3. The van der Waals surface area contributed by atoms with E-state index in [0.29, 0.717) is 0 Å². The standard InChI is InChI=1S/C19H22ClNO2/c20-17-6-8-18(9-7-17)23-19(16-4-2-1-3-5-16)10-11-21-12-14-22-15-13-21/h1-9,19H,10-15H2. The summed E-state index contributed by atoms with van der Waals surface area (Å²) >= 11 is 5.95. The molecule has 3 rings (SSSR count). The minimum absolute atomic E-state index is 0.0419. The Hall–Kier alpha value is -1.55. The lowest BCUT2D eigenvalue weighted by Crippen LogP contribution is -2.37. The highest BCUT2D eigenvalue weighted by Crippen LogP contribution is 2.26. The lowest BCUT2D eigenvalue weighted by atomic mass is 10.1. The van der Waals surface area contributed by atoms with Gasteiger partial charge in [-0.3, -0.25) is 4.90 Å². The van der Waals surface area contributed by atoms with Crippen molar-refractivity contribution in [2.24, 2.45) is 0 Å². The number of morpholine rings is 1. The number of rotatable bonds is 6. The molecule has 1 heterocycles. The lowest BCUT2D eigenvalue weighted by molar-refractivity contribution is 0.0317. The van der Waals surface area contributed by atoms with E-state index in [2.05, 4.69) is 29.2 Å². The van der Waals surface area contributed by atoms with Crippen molar-refractivity contribution in [3.05, 3.63) is 65.2 Å². The molecule has 2 aromatic carbocycles. The summed E-state index contributed by atoms with van der Waals surface area (Å²) in [5, 5.41) is 0.724. The van der Waals surface area contributed by atoms with Crippen LogP contribution >= 0.6 is 11.6 Å². The average Bonchev–Trinajstić information content (AvgIpc) is 2.62. The number of halogens is 1. The molecule has 0 radical (unpaired) electrons. The summed E-state index contributed by atoms with van der Waals surface area (Å²) in [4.78, 5) is 2.44. The SMILES string of the molecule is Clc1ccc(OC(CCN2CCOCC2)c2ccccc2)cc1. The Balaban J connectivity index is 1.67. The molecule has 1 saturated heterocycles. The zero-order valence-corrected chi connectivity index (χ0v) is 13.9. The Morgan fingerprint density at radius 3 is 2.39 bits per heavy atom. The van der Waals surface area contributed by atoms with Gasteiger partial charge < -0.3 is 9.47 Å². The maximum absolute atomic E-state index is 6.23. The van der Waals surface area contributed by atoms with Gasteiger partial charge in [-0.15, -0.1) is 0 Å². The van der Waals surface area contributed by atoms with Crippen LogP contribution in [0.15, 0.2) is 54.6 Å². The normalized spacial score (nSPS) is 16.9. The zero-order valence-electron chi connectivity index (χ0n) is 13.2. The van der Waals surface area contributed by atoms with E-state index in [1.807, 2.05) is 30.3 Å². The summed E-state index contributed by atoms with van der Waals surface area (Å²) in [6.07, 6.45) is 0.993. The molecule has 1 aliphatic rings. The van der Waals surface area contributed by atoms with Gasteiger partial charge in [0.2, 0.25) is 0 Å². The minimum atomic E-state index is 0.0419. The summed E-state index contributed by atoms with van der Waals surface area (Å²) in [6.45, 7) is 4.67. The van der Waals surface area contributed by atoms with Crippen LogP contribution in [-0.2, 0) is 4.74 Å². The highest BCUT2D eigenvalue weighted by atomic mass is 35.5. The Bertz CT molecular complexity index is 582. The van der Waals surface area contributed by atoms with E-state index in [-0.39, 0.29) is 6.10 Å². The van der Waals surface area contributed by atoms with E-state index in [1.165, 1.54) is 5.56 Å². The highest BCUT2D eigenvalue weighted by molar-refractivity contribution is 6.30. The van der Waals surface area contributed by atoms with Crippen LogP contribution in [0, 0.1) is 0 Å². The summed E-state index contributed by atoms with van der Waals surface area (Å²) in [7, 11) is 0. The molecule has 1 fully saturated rings. The first-order chi connectivity index (χ1) is 11.3. The molecule has 0 amide bonds. The molecule has 1 aliphatic heterocycles. The van der Waals surface area contributed by atoms with Crippen molar-refractivity contribution in [2.45, 2.75) is 12.5 Å². The van der Waals surface area contributed by atoms with Gasteiger partial charge >= 0.3 is 0 Å². The van der Waals surface area contributed by atoms with Gasteiger partial charge in [0.25, 0.3) is 0 Å². The number of ether oxygens (including phenoxy) is 2. The first-order valence-corrected chi connectivity index (χ1v) is 8.46. The third-order valence-electron chi connectivity index (χ3n) is 4.07. The summed E-state index contributed by atoms with van der Waals surface area (Å²) < 4.78 is 11.6. The van der Waals surface area contributed by atoms with Crippen LogP contribution in [0.2, 0.25) is 5.02 Å². The van der Waals surface area contributed by atoms with Gasteiger partial charge in [-0.2, -0.15) is 0 Å². The predicted molar refractivity (Wildman–Crippen MR) is 93.1 cm³/mol. The second-order valence-electron chi connectivity index (χ2n) is 5.71. The third-order valence-corrected chi connectivity index (χ3v) is 4.33. The number of benzene rings is 2. The van der Waals surface area contributed by atoms with Crippen molar-refractivity contribution >= 4 is 11.6 Å². The maximum Gasteiger partial charge on any atom is 0.125 e. The van der Waals surface area contributed by atoms with Crippen LogP contribution < -0.4 is 4.74 Å². The molecule has 0 bridgehead atoms. The van der Waals surface area contributed by atoms with E-state index >= 15 is 0 Å². The molecule has 0 N–H and O–H groups in total. The fourth-order valence-electron chi connectivity index (χ4n) is 2.76. The Labute approximate surface area is 142 Å². The molecule has 0 aromatic heterocycles. The van der Waals surface area contributed by atoms with E-state index in [9.17, 15) is 0 Å². The molecule has 0 saturated carbocycles. The van der Waals surface area contributed by atoms with Gasteiger partial charge in [-0.05, 0) is 29.8 Å². The van der Waals surface area contributed by atoms with Crippen LogP contribution in [-0.4, -0.2) is 37.7 Å². The van der Waals surface area contributed by atoms with Crippen molar-refractivity contribution in [2.75, 3.05) is 32.8 Å². The molecule has 3 nitrogen and oxygen atoms in total. The fourth-order valence-corrected chi connectivity index (χ4v) is 2.89. The van der Waals surface area contributed by atoms with Crippen LogP contribution in [0.1, 0.15) is 18.1 Å². The lowest BCUT2D eigenvalue weighted by Gasteiger charge is -2.28. The van der Waals surface area contributed by atoms with Crippen LogP contribution in [0.5, 0.6) is 5.75 Å². The smallest absolute Gasteiger partial charge is 0.125 e. The molecule has 23 heavy (non-hydrogen) atoms. The van der Waals surface area contributed by atoms with Gasteiger partial charge in [-0.25, -0.2) is 0 Å². The molecule has 122 valence electrons. The summed E-state index contributed by atoms with van der Waals surface area (Å²) in [5.74, 6) is 0.852. The predicted octanol–water partition coefficient (Wildman–Crippen LogP) is 4.18. The van der Waals surface area contributed by atoms with Crippen molar-refractivity contribution in [3.63, 3.8) is 0 Å². The summed E-state index contributed by atoms with van der Waals surface area (Å²) in [5.41, 5.74) is 1.20. The highest BCUT2D eigenvalue weighted by Gasteiger charge is 2.17. The Kier molecular flexibility index (Phi) is 5.92. The molecule has 1 unspecified atom stereocenters. The Morgan fingerprint density at radius 2 is 1.70 bits per heavy atom. The maximum atomic E-state index is 6.23. The van der Waals surface area contributed by atoms with E-state index in [1.54, 1.807) is 0 Å². The monoisotopic (exact) mass is 331 g/mol. The summed E-state index contributed by atoms with van der Waals surface area (Å²) in [6, 6.07) is 18.0. The molecular weight excluding hydrogens is 310 g/mol. The van der Waals surface area contributed by atoms with Crippen molar-refractivity contribution in [1.82, 2.24) is 4.90 Å². The van der Waals surface area contributed by atoms with Crippen LogP contribution in [0.4, 0.5) is 0 Å². The minimum Gasteiger partial charge on any atom is -0.486 e. The van der Waals surface area contributed by atoms with Gasteiger partial charge in [0.15, 0.2) is 0 Å². The van der Waals surface area contributed by atoms with E-state index < -0.39 is 0 Å². The van der Waals surface area contributed by atoms with Gasteiger partial charge in [0.05, 0.1) is 13.2 Å². The molecule has 0 aliphatic carbocycles. The van der Waals surface area contributed by atoms with E-state index in [4.69, 9.17) is 21.1 Å². The second kappa shape index (κ2) is 8.34. The first-order valence-electron chi connectivity index (χ1n) is 8.08. The topological polar surface area (TPSA) is 21.7 Å². The van der Waals surface area contributed by atoms with Crippen LogP contribution in [0.25, 0.3) is 0 Å². The number of nitrogens with zero attached hydrogens (tertiary/aromatic N) is 1. The third kappa shape index (κ3) is 4.96. The van der Waals surface area contributed by atoms with Gasteiger partial charge in [-0.1, -0.05) is 41.9 Å².